The van der Waals surface area contributed by atoms with Crippen LogP contribution in [0.5, 0.6) is 5.75 Å². The zero-order valence-electron chi connectivity index (χ0n) is 17.1. The predicted molar refractivity (Wildman–Crippen MR) is 120 cm³/mol. The lowest BCUT2D eigenvalue weighted by atomic mass is 10.1. The molecule has 1 amide bonds. The normalized spacial score (nSPS) is 12.2. The van der Waals surface area contributed by atoms with Gasteiger partial charge in [-0.2, -0.15) is 5.10 Å². The molecule has 0 aliphatic heterocycles. The van der Waals surface area contributed by atoms with Crippen molar-refractivity contribution in [3.63, 3.8) is 0 Å². The summed E-state index contributed by atoms with van der Waals surface area (Å²) >= 11 is 0. The molecule has 5 rings (SSSR count). The summed E-state index contributed by atoms with van der Waals surface area (Å²) in [6, 6.07) is 21.3. The highest BCUT2D eigenvalue weighted by molar-refractivity contribution is 6.02. The number of H-pyrrole nitrogens is 2. The van der Waals surface area contributed by atoms with Gasteiger partial charge in [-0.1, -0.05) is 30.3 Å². The van der Waals surface area contributed by atoms with Crippen LogP contribution in [0.4, 0.5) is 0 Å². The predicted octanol–water partition coefficient (Wildman–Crippen LogP) is 4.61. The van der Waals surface area contributed by atoms with Crippen molar-refractivity contribution in [1.29, 1.82) is 0 Å². The van der Waals surface area contributed by atoms with Crippen LogP contribution in [-0.4, -0.2) is 33.2 Å². The Kier molecular flexibility index (Phi) is 4.63. The van der Waals surface area contributed by atoms with Gasteiger partial charge in [0.2, 0.25) is 0 Å². The quantitative estimate of drug-likeness (QED) is 0.394. The van der Waals surface area contributed by atoms with Crippen molar-refractivity contribution >= 4 is 27.8 Å². The Hall–Kier alpha value is -4.13. The first-order valence-electron chi connectivity index (χ1n) is 10.0. The van der Waals surface area contributed by atoms with Gasteiger partial charge in [0.15, 0.2) is 5.82 Å². The topological polar surface area (TPSA) is 95.7 Å². The lowest BCUT2D eigenvalue weighted by Crippen LogP contribution is -2.27. The molecule has 7 nitrogen and oxygen atoms in total. The molecule has 0 aliphatic carbocycles. The number of hydrogen-bond donors (Lipinski definition) is 3. The lowest BCUT2D eigenvalue weighted by Gasteiger charge is -2.12. The number of amides is 1. The van der Waals surface area contributed by atoms with Crippen LogP contribution in [0.1, 0.15) is 29.1 Å². The number of rotatable bonds is 5. The van der Waals surface area contributed by atoms with E-state index < -0.39 is 0 Å². The van der Waals surface area contributed by atoms with Gasteiger partial charge in [-0.05, 0) is 48.9 Å². The third-order valence-electron chi connectivity index (χ3n) is 5.39. The van der Waals surface area contributed by atoms with E-state index in [0.717, 1.165) is 39.0 Å². The number of imidazole rings is 1. The van der Waals surface area contributed by atoms with Gasteiger partial charge < -0.3 is 15.0 Å². The number of fused-ring (bicyclic) bond motifs is 2. The second-order valence-corrected chi connectivity index (χ2v) is 7.41. The highest BCUT2D eigenvalue weighted by Gasteiger charge is 2.17. The average molecular weight is 411 g/mol. The van der Waals surface area contributed by atoms with E-state index in [0.29, 0.717) is 5.52 Å². The fraction of sp³-hybridized carbons (Fsp3) is 0.125. The van der Waals surface area contributed by atoms with E-state index in [4.69, 9.17) is 4.74 Å². The summed E-state index contributed by atoms with van der Waals surface area (Å²) in [6.45, 7) is 1.95. The molecule has 0 radical (unpaired) electrons. The first-order chi connectivity index (χ1) is 15.1. The molecular formula is C24H21N5O2. The molecule has 0 fully saturated rings. The number of carbonyl (C=O) groups excluding carboxylic acids is 1. The molecule has 1 atom stereocenters. The van der Waals surface area contributed by atoms with Gasteiger partial charge in [0.25, 0.3) is 5.91 Å². The number of nitrogens with one attached hydrogen (secondary N) is 3. The van der Waals surface area contributed by atoms with Crippen molar-refractivity contribution in [1.82, 2.24) is 25.5 Å². The van der Waals surface area contributed by atoms with Gasteiger partial charge in [-0.25, -0.2) is 4.98 Å². The summed E-state index contributed by atoms with van der Waals surface area (Å²) < 4.78 is 5.23. The second kappa shape index (κ2) is 7.60. The number of ether oxygens (including phenoxy) is 1. The Labute approximate surface area is 178 Å². The fourth-order valence-electron chi connectivity index (χ4n) is 3.69. The summed E-state index contributed by atoms with van der Waals surface area (Å²) in [7, 11) is 1.64. The van der Waals surface area contributed by atoms with E-state index in [9.17, 15) is 4.79 Å². The summed E-state index contributed by atoms with van der Waals surface area (Å²) in [4.78, 5) is 20.4. The Bertz CT molecular complexity index is 1370. The van der Waals surface area contributed by atoms with Gasteiger partial charge in [0.1, 0.15) is 5.75 Å². The molecule has 2 heterocycles. The number of carbonyl (C=O) groups is 1. The van der Waals surface area contributed by atoms with Gasteiger partial charge in [-0.3, -0.25) is 9.89 Å². The third kappa shape index (κ3) is 3.50. The van der Waals surface area contributed by atoms with E-state index >= 15 is 0 Å². The maximum absolute atomic E-state index is 12.7. The fourth-order valence-corrected chi connectivity index (χ4v) is 3.69. The molecule has 154 valence electrons. The van der Waals surface area contributed by atoms with Crippen LogP contribution in [0.25, 0.3) is 33.2 Å². The SMILES string of the molecule is COc1ccc(-c2n[nH]c3cc4[nH]c(C(=O)N[C@H](C)c5ccccc5)nc4cc23)cc1. The van der Waals surface area contributed by atoms with E-state index in [2.05, 4.69) is 25.5 Å². The Morgan fingerprint density at radius 1 is 1.03 bits per heavy atom. The number of aromatic amines is 2. The molecule has 0 aliphatic rings. The molecule has 7 heteroatoms. The van der Waals surface area contributed by atoms with Gasteiger partial charge in [0.05, 0.1) is 35.4 Å². The van der Waals surface area contributed by atoms with Crippen molar-refractivity contribution in [2.24, 2.45) is 0 Å². The first kappa shape index (κ1) is 18.9. The van der Waals surface area contributed by atoms with Crippen LogP contribution >= 0.6 is 0 Å². The molecule has 2 aromatic heterocycles. The largest absolute Gasteiger partial charge is 0.497 e. The molecule has 5 aromatic rings. The van der Waals surface area contributed by atoms with Crippen molar-refractivity contribution in [2.45, 2.75) is 13.0 Å². The Morgan fingerprint density at radius 3 is 2.55 bits per heavy atom. The zero-order chi connectivity index (χ0) is 21.4. The molecule has 0 bridgehead atoms. The minimum atomic E-state index is -0.246. The van der Waals surface area contributed by atoms with Crippen molar-refractivity contribution in [3.05, 3.63) is 78.1 Å². The lowest BCUT2D eigenvalue weighted by molar-refractivity contribution is 0.0930. The van der Waals surface area contributed by atoms with Crippen LogP contribution < -0.4 is 10.1 Å². The number of aromatic nitrogens is 4. The Balaban J connectivity index is 1.46. The summed E-state index contributed by atoms with van der Waals surface area (Å²) in [5, 5.41) is 11.5. The first-order valence-corrected chi connectivity index (χ1v) is 10.0. The minimum absolute atomic E-state index is 0.123. The Morgan fingerprint density at radius 2 is 1.81 bits per heavy atom. The monoisotopic (exact) mass is 411 g/mol. The molecule has 0 saturated heterocycles. The zero-order valence-corrected chi connectivity index (χ0v) is 17.1. The molecule has 0 saturated carbocycles. The van der Waals surface area contributed by atoms with Crippen LogP contribution in [0.3, 0.4) is 0 Å². The second-order valence-electron chi connectivity index (χ2n) is 7.41. The minimum Gasteiger partial charge on any atom is -0.497 e. The van der Waals surface area contributed by atoms with Crippen molar-refractivity contribution in [3.8, 4) is 17.0 Å². The molecule has 31 heavy (non-hydrogen) atoms. The summed E-state index contributed by atoms with van der Waals surface area (Å²) in [5.41, 5.74) is 5.18. The summed E-state index contributed by atoms with van der Waals surface area (Å²) in [6.07, 6.45) is 0. The van der Waals surface area contributed by atoms with Gasteiger partial charge in [0, 0.05) is 10.9 Å². The van der Waals surface area contributed by atoms with Gasteiger partial charge in [-0.15, -0.1) is 0 Å². The van der Waals surface area contributed by atoms with Crippen LogP contribution in [0, 0.1) is 0 Å². The van der Waals surface area contributed by atoms with E-state index in [-0.39, 0.29) is 17.8 Å². The maximum Gasteiger partial charge on any atom is 0.287 e. The van der Waals surface area contributed by atoms with Crippen LogP contribution in [-0.2, 0) is 0 Å². The molecule has 3 N–H and O–H groups in total. The smallest absolute Gasteiger partial charge is 0.287 e. The number of nitrogens with zero attached hydrogens (tertiary/aromatic N) is 2. The average Bonchev–Trinajstić information content (AvgIpc) is 3.41. The van der Waals surface area contributed by atoms with Crippen molar-refractivity contribution < 1.29 is 9.53 Å². The summed E-state index contributed by atoms with van der Waals surface area (Å²) in [5.74, 6) is 0.827. The van der Waals surface area contributed by atoms with E-state index in [1.165, 1.54) is 0 Å². The third-order valence-corrected chi connectivity index (χ3v) is 5.39. The van der Waals surface area contributed by atoms with E-state index in [1.54, 1.807) is 7.11 Å². The number of methoxy groups -OCH3 is 1. The standard InChI is InChI=1S/C24H21N5O2/c1-14(15-6-4-3-5-7-15)25-24(30)23-26-20-12-18-19(13-21(20)27-23)28-29-22(18)16-8-10-17(31-2)11-9-16/h3-14H,1-2H3,(H,25,30)(H,26,27)(H,28,29)/t14-/m1/s1. The maximum atomic E-state index is 12.7. The highest BCUT2D eigenvalue weighted by atomic mass is 16.5. The highest BCUT2D eigenvalue weighted by Crippen LogP contribution is 2.30. The number of benzene rings is 3. The molecule has 0 spiro atoms. The molecular weight excluding hydrogens is 390 g/mol. The van der Waals surface area contributed by atoms with Crippen LogP contribution in [0.2, 0.25) is 0 Å². The number of hydrogen-bond acceptors (Lipinski definition) is 4. The van der Waals surface area contributed by atoms with E-state index in [1.807, 2.05) is 73.7 Å². The molecule has 3 aromatic carbocycles. The van der Waals surface area contributed by atoms with Gasteiger partial charge >= 0.3 is 0 Å². The molecule has 0 unspecified atom stereocenters. The van der Waals surface area contributed by atoms with Crippen molar-refractivity contribution in [2.75, 3.05) is 7.11 Å². The van der Waals surface area contributed by atoms with Crippen LogP contribution in [0.15, 0.2) is 66.7 Å².